The van der Waals surface area contributed by atoms with Crippen LogP contribution in [0.25, 0.3) is 0 Å². The van der Waals surface area contributed by atoms with E-state index < -0.39 is 10.0 Å². The molecule has 2 N–H and O–H groups in total. The number of sulfonamides is 1. The van der Waals surface area contributed by atoms with Gasteiger partial charge in [0.15, 0.2) is 0 Å². The van der Waals surface area contributed by atoms with Crippen molar-refractivity contribution < 1.29 is 22.7 Å². The van der Waals surface area contributed by atoms with Gasteiger partial charge in [-0.05, 0) is 56.7 Å². The van der Waals surface area contributed by atoms with Gasteiger partial charge in [0, 0.05) is 43.8 Å². The van der Waals surface area contributed by atoms with E-state index in [0.29, 0.717) is 44.0 Å². The zero-order valence-electron chi connectivity index (χ0n) is 19.2. The predicted octanol–water partition coefficient (Wildman–Crippen LogP) is 2.16. The fourth-order valence-corrected chi connectivity index (χ4v) is 5.04. The van der Waals surface area contributed by atoms with Gasteiger partial charge >= 0.3 is 0 Å². The molecule has 2 aliphatic heterocycles. The number of ether oxygens (including phenoxy) is 1. The third-order valence-electron chi connectivity index (χ3n) is 6.44. The van der Waals surface area contributed by atoms with Gasteiger partial charge in [0.1, 0.15) is 0 Å². The van der Waals surface area contributed by atoms with Crippen LogP contribution in [0.4, 0.5) is 0 Å². The molecular weight excluding hydrogens is 430 g/mol. The minimum absolute atomic E-state index is 0.0451. The van der Waals surface area contributed by atoms with Gasteiger partial charge in [0.05, 0.1) is 11.0 Å². The Morgan fingerprint density at radius 3 is 2.50 bits per heavy atom. The molecular formula is C23H35N3O5S. The molecule has 9 heteroatoms. The fraction of sp³-hybridized carbons (Fsp3) is 0.652. The summed E-state index contributed by atoms with van der Waals surface area (Å²) in [6.07, 6.45) is 2.88. The van der Waals surface area contributed by atoms with Crippen molar-refractivity contribution in [1.29, 1.82) is 0 Å². The Bertz CT molecular complexity index is 904. The van der Waals surface area contributed by atoms with Crippen molar-refractivity contribution in [2.45, 2.75) is 63.5 Å². The highest BCUT2D eigenvalue weighted by Gasteiger charge is 2.29. The Hall–Kier alpha value is -1.97. The van der Waals surface area contributed by atoms with E-state index in [1.807, 2.05) is 6.92 Å². The SMILES string of the molecule is CC(C)C(C)NC(=O)C1CCN(C(=O)c2cccc(S(=O)(=O)NCC3CCCO3)c2)CC1. The lowest BCUT2D eigenvalue weighted by Gasteiger charge is -2.32. The van der Waals surface area contributed by atoms with Crippen molar-refractivity contribution >= 4 is 21.8 Å². The van der Waals surface area contributed by atoms with E-state index in [-0.39, 0.29) is 41.3 Å². The number of amides is 2. The maximum absolute atomic E-state index is 13.0. The van der Waals surface area contributed by atoms with Crippen molar-refractivity contribution in [1.82, 2.24) is 14.9 Å². The standard InChI is InChI=1S/C23H35N3O5S/c1-16(2)17(3)25-22(27)18-9-11-26(12-10-18)23(28)19-6-4-8-21(14-19)32(29,30)24-15-20-7-5-13-31-20/h4,6,8,14,16-18,20,24H,5,7,9-13,15H2,1-3H3,(H,25,27). The van der Waals surface area contributed by atoms with Crippen LogP contribution >= 0.6 is 0 Å². The number of piperidine rings is 1. The van der Waals surface area contributed by atoms with Crippen LogP contribution in [-0.4, -0.2) is 63.5 Å². The maximum atomic E-state index is 13.0. The molecule has 0 spiro atoms. The van der Waals surface area contributed by atoms with E-state index in [1.165, 1.54) is 12.1 Å². The molecule has 2 unspecified atom stereocenters. The topological polar surface area (TPSA) is 105 Å². The largest absolute Gasteiger partial charge is 0.377 e. The summed E-state index contributed by atoms with van der Waals surface area (Å²) in [6, 6.07) is 6.23. The van der Waals surface area contributed by atoms with Crippen molar-refractivity contribution in [3.63, 3.8) is 0 Å². The van der Waals surface area contributed by atoms with E-state index >= 15 is 0 Å². The van der Waals surface area contributed by atoms with Gasteiger partial charge in [-0.1, -0.05) is 19.9 Å². The zero-order valence-corrected chi connectivity index (χ0v) is 20.0. The molecule has 8 nitrogen and oxygen atoms in total. The summed E-state index contributed by atoms with van der Waals surface area (Å²) in [4.78, 5) is 27.2. The second-order valence-electron chi connectivity index (χ2n) is 9.12. The lowest BCUT2D eigenvalue weighted by atomic mass is 9.94. The molecule has 2 amide bonds. The second-order valence-corrected chi connectivity index (χ2v) is 10.9. The molecule has 32 heavy (non-hydrogen) atoms. The molecule has 2 heterocycles. The summed E-state index contributed by atoms with van der Waals surface area (Å²) in [6.45, 7) is 7.97. The Labute approximate surface area is 191 Å². The molecule has 1 aromatic carbocycles. The normalized spacial score (nSPS) is 21.0. The summed E-state index contributed by atoms with van der Waals surface area (Å²) in [5.74, 6) is 0.0950. The van der Waals surface area contributed by atoms with Crippen molar-refractivity contribution in [2.24, 2.45) is 11.8 Å². The smallest absolute Gasteiger partial charge is 0.253 e. The first kappa shape index (κ1) is 24.7. The molecule has 0 saturated carbocycles. The number of nitrogens with one attached hydrogen (secondary N) is 2. The summed E-state index contributed by atoms with van der Waals surface area (Å²) >= 11 is 0. The predicted molar refractivity (Wildman–Crippen MR) is 122 cm³/mol. The van der Waals surface area contributed by atoms with E-state index in [4.69, 9.17) is 4.74 Å². The molecule has 2 saturated heterocycles. The molecule has 0 bridgehead atoms. The average molecular weight is 466 g/mol. The van der Waals surface area contributed by atoms with Crippen molar-refractivity contribution in [2.75, 3.05) is 26.2 Å². The Morgan fingerprint density at radius 1 is 1.16 bits per heavy atom. The first-order valence-corrected chi connectivity index (χ1v) is 13.0. The molecule has 2 aliphatic rings. The monoisotopic (exact) mass is 465 g/mol. The highest BCUT2D eigenvalue weighted by atomic mass is 32.2. The number of nitrogens with zero attached hydrogens (tertiary/aromatic N) is 1. The van der Waals surface area contributed by atoms with Crippen LogP contribution in [0.1, 0.15) is 56.8 Å². The molecule has 0 aliphatic carbocycles. The third kappa shape index (κ3) is 6.30. The fourth-order valence-electron chi connectivity index (χ4n) is 3.92. The molecule has 2 fully saturated rings. The van der Waals surface area contributed by atoms with E-state index in [1.54, 1.807) is 17.0 Å². The summed E-state index contributed by atoms with van der Waals surface area (Å²) in [5.41, 5.74) is 0.335. The number of likely N-dealkylation sites (tertiary alicyclic amines) is 1. The van der Waals surface area contributed by atoms with Gasteiger partial charge < -0.3 is 15.0 Å². The highest BCUT2D eigenvalue weighted by Crippen LogP contribution is 2.21. The van der Waals surface area contributed by atoms with Gasteiger partial charge in [0.2, 0.25) is 15.9 Å². The van der Waals surface area contributed by atoms with Crippen LogP contribution < -0.4 is 10.0 Å². The van der Waals surface area contributed by atoms with Crippen molar-refractivity contribution in [3.05, 3.63) is 29.8 Å². The second kappa shape index (κ2) is 10.8. The van der Waals surface area contributed by atoms with Crippen LogP contribution in [0.5, 0.6) is 0 Å². The summed E-state index contributed by atoms with van der Waals surface area (Å²) in [7, 11) is -3.73. The quantitative estimate of drug-likeness (QED) is 0.612. The van der Waals surface area contributed by atoms with Crippen LogP contribution in [0.2, 0.25) is 0 Å². The Kier molecular flexibility index (Phi) is 8.30. The summed E-state index contributed by atoms with van der Waals surface area (Å²) < 4.78 is 33.4. The van der Waals surface area contributed by atoms with E-state index in [2.05, 4.69) is 23.9 Å². The lowest BCUT2D eigenvalue weighted by Crippen LogP contribution is -2.45. The highest BCUT2D eigenvalue weighted by molar-refractivity contribution is 7.89. The Balaban J connectivity index is 1.57. The number of carbonyl (C=O) groups excluding carboxylic acids is 2. The average Bonchev–Trinajstić information content (AvgIpc) is 3.31. The maximum Gasteiger partial charge on any atom is 0.253 e. The molecule has 2 atom stereocenters. The molecule has 178 valence electrons. The van der Waals surface area contributed by atoms with E-state index in [0.717, 1.165) is 12.8 Å². The van der Waals surface area contributed by atoms with Crippen molar-refractivity contribution in [3.8, 4) is 0 Å². The van der Waals surface area contributed by atoms with Gasteiger partial charge in [-0.2, -0.15) is 0 Å². The van der Waals surface area contributed by atoms with Gasteiger partial charge in [0.25, 0.3) is 5.91 Å². The number of hydrogen-bond donors (Lipinski definition) is 2. The van der Waals surface area contributed by atoms with Gasteiger partial charge in [-0.3, -0.25) is 9.59 Å². The van der Waals surface area contributed by atoms with Gasteiger partial charge in [-0.15, -0.1) is 0 Å². The zero-order chi connectivity index (χ0) is 23.3. The van der Waals surface area contributed by atoms with Crippen LogP contribution in [0.3, 0.4) is 0 Å². The summed E-state index contributed by atoms with van der Waals surface area (Å²) in [5, 5.41) is 3.06. The first-order chi connectivity index (χ1) is 15.2. The number of carbonyl (C=O) groups is 2. The molecule has 0 aromatic heterocycles. The van der Waals surface area contributed by atoms with Gasteiger partial charge in [-0.25, -0.2) is 13.1 Å². The lowest BCUT2D eigenvalue weighted by molar-refractivity contribution is -0.127. The van der Waals surface area contributed by atoms with E-state index in [9.17, 15) is 18.0 Å². The number of benzene rings is 1. The Morgan fingerprint density at radius 2 is 1.88 bits per heavy atom. The molecule has 0 radical (unpaired) electrons. The first-order valence-electron chi connectivity index (χ1n) is 11.5. The molecule has 1 aromatic rings. The van der Waals surface area contributed by atoms with Crippen LogP contribution in [-0.2, 0) is 19.6 Å². The molecule has 3 rings (SSSR count). The van der Waals surface area contributed by atoms with Crippen LogP contribution in [0.15, 0.2) is 29.2 Å². The minimum atomic E-state index is -3.73. The van der Waals surface area contributed by atoms with Crippen LogP contribution in [0, 0.1) is 11.8 Å². The minimum Gasteiger partial charge on any atom is -0.377 e. The number of hydrogen-bond acceptors (Lipinski definition) is 5. The number of rotatable bonds is 8. The third-order valence-corrected chi connectivity index (χ3v) is 7.86.